The molecule has 0 aliphatic carbocycles. The minimum atomic E-state index is 0.227. The lowest BCUT2D eigenvalue weighted by atomic mass is 9.82. The molecular weight excluding hydrogens is 216 g/mol. The van der Waals surface area contributed by atoms with Crippen LogP contribution in [0.15, 0.2) is 0 Å². The van der Waals surface area contributed by atoms with Crippen molar-refractivity contribution in [3.8, 4) is 0 Å². The fourth-order valence-electron chi connectivity index (χ4n) is 2.46. The highest BCUT2D eigenvalue weighted by molar-refractivity contribution is 5.78. The van der Waals surface area contributed by atoms with E-state index < -0.39 is 0 Å². The molecule has 0 aromatic heterocycles. The Morgan fingerprint density at radius 2 is 2.12 bits per heavy atom. The van der Waals surface area contributed by atoms with Crippen molar-refractivity contribution in [2.75, 3.05) is 39.9 Å². The van der Waals surface area contributed by atoms with Gasteiger partial charge in [0.25, 0.3) is 0 Å². The van der Waals surface area contributed by atoms with Crippen molar-refractivity contribution in [1.29, 1.82) is 0 Å². The van der Waals surface area contributed by atoms with Crippen LogP contribution in [0.3, 0.4) is 0 Å². The molecule has 0 radical (unpaired) electrons. The van der Waals surface area contributed by atoms with Crippen LogP contribution in [0, 0.1) is 5.41 Å². The first-order valence-corrected chi connectivity index (χ1v) is 6.65. The molecule has 1 saturated heterocycles. The number of ether oxygens (including phenoxy) is 1. The lowest BCUT2D eigenvalue weighted by Crippen LogP contribution is -2.38. The third-order valence-electron chi connectivity index (χ3n) is 4.05. The average molecular weight is 242 g/mol. The van der Waals surface area contributed by atoms with Gasteiger partial charge in [-0.25, -0.2) is 0 Å². The van der Waals surface area contributed by atoms with Crippen LogP contribution in [0.2, 0.25) is 0 Å². The van der Waals surface area contributed by atoms with E-state index >= 15 is 0 Å². The Labute approximate surface area is 105 Å². The van der Waals surface area contributed by atoms with E-state index in [0.29, 0.717) is 18.6 Å². The number of hydrogen-bond acceptors (Lipinski definition) is 3. The van der Waals surface area contributed by atoms with Gasteiger partial charge in [0.1, 0.15) is 0 Å². The molecule has 1 heterocycles. The normalized spacial score (nSPS) is 18.6. The van der Waals surface area contributed by atoms with Crippen LogP contribution in [-0.4, -0.2) is 50.7 Å². The summed E-state index contributed by atoms with van der Waals surface area (Å²) in [5.74, 6) is 0.227. The smallest absolute Gasteiger partial charge is 0.236 e. The van der Waals surface area contributed by atoms with E-state index in [1.165, 1.54) is 12.8 Å². The van der Waals surface area contributed by atoms with Gasteiger partial charge in [0.2, 0.25) is 5.91 Å². The number of methoxy groups -OCH3 is 1. The largest absolute Gasteiger partial charge is 0.383 e. The third-order valence-corrected chi connectivity index (χ3v) is 4.05. The predicted octanol–water partition coefficient (Wildman–Crippen LogP) is 1.26. The van der Waals surface area contributed by atoms with Gasteiger partial charge >= 0.3 is 0 Å². The molecule has 4 heteroatoms. The van der Waals surface area contributed by atoms with Crippen LogP contribution in [-0.2, 0) is 9.53 Å². The van der Waals surface area contributed by atoms with Crippen molar-refractivity contribution in [2.45, 2.75) is 33.1 Å². The molecular formula is C13H26N2O2. The number of carbonyl (C=O) groups excluding carboxylic acids is 1. The van der Waals surface area contributed by atoms with Crippen LogP contribution in [0.1, 0.15) is 33.1 Å². The quantitative estimate of drug-likeness (QED) is 0.683. The highest BCUT2D eigenvalue weighted by Crippen LogP contribution is 2.36. The SMILES string of the molecule is CCC1(CC)CCN(C(=O)CNCCOC)C1. The fraction of sp³-hybridized carbons (Fsp3) is 0.923. The molecule has 0 aromatic carbocycles. The van der Waals surface area contributed by atoms with Gasteiger partial charge in [0.05, 0.1) is 13.2 Å². The maximum Gasteiger partial charge on any atom is 0.236 e. The molecule has 100 valence electrons. The summed E-state index contributed by atoms with van der Waals surface area (Å²) in [7, 11) is 1.67. The fourth-order valence-corrected chi connectivity index (χ4v) is 2.46. The van der Waals surface area contributed by atoms with Gasteiger partial charge in [-0.3, -0.25) is 4.79 Å². The minimum absolute atomic E-state index is 0.227. The lowest BCUT2D eigenvalue weighted by molar-refractivity contribution is -0.129. The second kappa shape index (κ2) is 6.97. The lowest BCUT2D eigenvalue weighted by Gasteiger charge is -2.26. The summed E-state index contributed by atoms with van der Waals surface area (Å²) in [6.07, 6.45) is 3.50. The zero-order valence-corrected chi connectivity index (χ0v) is 11.4. The molecule has 0 aromatic rings. The van der Waals surface area contributed by atoms with Crippen molar-refractivity contribution < 1.29 is 9.53 Å². The maximum atomic E-state index is 12.0. The second-order valence-corrected chi connectivity index (χ2v) is 4.94. The third kappa shape index (κ3) is 3.96. The first-order valence-electron chi connectivity index (χ1n) is 6.65. The van der Waals surface area contributed by atoms with Crippen molar-refractivity contribution in [1.82, 2.24) is 10.2 Å². The van der Waals surface area contributed by atoms with Gasteiger partial charge in [-0.1, -0.05) is 13.8 Å². The van der Waals surface area contributed by atoms with Gasteiger partial charge in [-0.2, -0.15) is 0 Å². The topological polar surface area (TPSA) is 41.6 Å². The molecule has 0 unspecified atom stereocenters. The van der Waals surface area contributed by atoms with E-state index in [1.54, 1.807) is 7.11 Å². The van der Waals surface area contributed by atoms with Gasteiger partial charge in [0, 0.05) is 26.7 Å². The molecule has 17 heavy (non-hydrogen) atoms. The number of hydrogen-bond donors (Lipinski definition) is 1. The summed E-state index contributed by atoms with van der Waals surface area (Å²) in [5.41, 5.74) is 0.377. The van der Waals surface area contributed by atoms with Gasteiger partial charge in [-0.05, 0) is 24.7 Å². The molecule has 1 N–H and O–H groups in total. The van der Waals surface area contributed by atoms with Crippen LogP contribution < -0.4 is 5.32 Å². The van der Waals surface area contributed by atoms with Gasteiger partial charge in [0.15, 0.2) is 0 Å². The van der Waals surface area contributed by atoms with Crippen LogP contribution in [0.4, 0.5) is 0 Å². The molecule has 0 saturated carbocycles. The van der Waals surface area contributed by atoms with E-state index in [0.717, 1.165) is 26.1 Å². The number of likely N-dealkylation sites (tertiary alicyclic amines) is 1. The van der Waals surface area contributed by atoms with E-state index in [4.69, 9.17) is 4.74 Å². The molecule has 1 aliphatic rings. The molecule has 1 amide bonds. The number of nitrogens with one attached hydrogen (secondary N) is 1. The maximum absolute atomic E-state index is 12.0. The highest BCUT2D eigenvalue weighted by Gasteiger charge is 2.36. The Morgan fingerprint density at radius 1 is 1.41 bits per heavy atom. The number of amides is 1. The van der Waals surface area contributed by atoms with E-state index in [9.17, 15) is 4.79 Å². The number of nitrogens with zero attached hydrogens (tertiary/aromatic N) is 1. The van der Waals surface area contributed by atoms with Crippen LogP contribution in [0.25, 0.3) is 0 Å². The van der Waals surface area contributed by atoms with E-state index in [2.05, 4.69) is 19.2 Å². The van der Waals surface area contributed by atoms with Crippen LogP contribution >= 0.6 is 0 Å². The average Bonchev–Trinajstić information content (AvgIpc) is 2.79. The summed E-state index contributed by atoms with van der Waals surface area (Å²) in [4.78, 5) is 14.0. The van der Waals surface area contributed by atoms with Gasteiger partial charge in [-0.15, -0.1) is 0 Å². The molecule has 0 bridgehead atoms. The Bertz CT molecular complexity index is 240. The molecule has 0 atom stereocenters. The van der Waals surface area contributed by atoms with Crippen molar-refractivity contribution in [3.05, 3.63) is 0 Å². The number of rotatable bonds is 7. The summed E-state index contributed by atoms with van der Waals surface area (Å²) in [6, 6.07) is 0. The Morgan fingerprint density at radius 3 is 2.65 bits per heavy atom. The molecule has 1 fully saturated rings. The summed E-state index contributed by atoms with van der Waals surface area (Å²) in [6.45, 7) is 8.15. The standard InChI is InChI=1S/C13H26N2O2/c1-4-13(5-2)6-8-15(11-13)12(16)10-14-7-9-17-3/h14H,4-11H2,1-3H3. The monoisotopic (exact) mass is 242 g/mol. The minimum Gasteiger partial charge on any atom is -0.383 e. The van der Waals surface area contributed by atoms with Gasteiger partial charge < -0.3 is 15.0 Å². The predicted molar refractivity (Wildman–Crippen MR) is 69.0 cm³/mol. The summed E-state index contributed by atoms with van der Waals surface area (Å²) >= 11 is 0. The zero-order chi connectivity index (χ0) is 12.7. The summed E-state index contributed by atoms with van der Waals surface area (Å²) in [5, 5.41) is 3.11. The second-order valence-electron chi connectivity index (χ2n) is 4.94. The Kier molecular flexibility index (Phi) is 5.92. The molecule has 1 aliphatic heterocycles. The van der Waals surface area contributed by atoms with E-state index in [-0.39, 0.29) is 5.91 Å². The zero-order valence-electron chi connectivity index (χ0n) is 11.4. The molecule has 1 rings (SSSR count). The number of carbonyl (C=O) groups is 1. The Balaban J connectivity index is 2.30. The first kappa shape index (κ1) is 14.5. The van der Waals surface area contributed by atoms with Crippen molar-refractivity contribution in [3.63, 3.8) is 0 Å². The Hall–Kier alpha value is -0.610. The highest BCUT2D eigenvalue weighted by atomic mass is 16.5. The van der Waals surface area contributed by atoms with E-state index in [1.807, 2.05) is 4.90 Å². The molecule has 0 spiro atoms. The van der Waals surface area contributed by atoms with Crippen LogP contribution in [0.5, 0.6) is 0 Å². The summed E-state index contributed by atoms with van der Waals surface area (Å²) < 4.78 is 4.93. The van der Waals surface area contributed by atoms with Crippen molar-refractivity contribution >= 4 is 5.91 Å². The first-order chi connectivity index (χ1) is 8.17. The van der Waals surface area contributed by atoms with Crippen molar-refractivity contribution in [2.24, 2.45) is 5.41 Å². The molecule has 4 nitrogen and oxygen atoms in total.